The number of alkyl halides is 3. The number of fused-ring (bicyclic) bond motifs is 1. The Morgan fingerprint density at radius 3 is 2.45 bits per heavy atom. The second-order valence-corrected chi connectivity index (χ2v) is 6.96. The number of aromatic nitrogens is 3. The standard InChI is InChI=1S/C21H16F4N4O2/c1-11-15-5-3-4-6-16(15)31-18(11)12(2)26-20(30)17-19(21(23,24)25)29(28-27-17)14-9-7-13(22)8-10-14/h3-10,12H,1-2H3,(H,26,30). The van der Waals surface area contributed by atoms with E-state index in [9.17, 15) is 22.4 Å². The van der Waals surface area contributed by atoms with Gasteiger partial charge in [0.15, 0.2) is 11.4 Å². The third-order valence-corrected chi connectivity index (χ3v) is 4.85. The van der Waals surface area contributed by atoms with Crippen molar-refractivity contribution < 1.29 is 26.8 Å². The normalized spacial score (nSPS) is 12.8. The molecule has 2 aromatic carbocycles. The number of benzene rings is 2. The first kappa shape index (κ1) is 20.6. The lowest BCUT2D eigenvalue weighted by molar-refractivity contribution is -0.143. The van der Waals surface area contributed by atoms with Gasteiger partial charge in [0.2, 0.25) is 0 Å². The molecule has 4 rings (SSSR count). The minimum atomic E-state index is -4.93. The van der Waals surface area contributed by atoms with Crippen LogP contribution in [0.4, 0.5) is 17.6 Å². The molecule has 0 aliphatic carbocycles. The average molecular weight is 432 g/mol. The fourth-order valence-corrected chi connectivity index (χ4v) is 3.39. The van der Waals surface area contributed by atoms with Gasteiger partial charge < -0.3 is 9.73 Å². The summed E-state index contributed by atoms with van der Waals surface area (Å²) < 4.78 is 60.6. The molecule has 6 nitrogen and oxygen atoms in total. The second-order valence-electron chi connectivity index (χ2n) is 6.96. The van der Waals surface area contributed by atoms with Crippen LogP contribution >= 0.6 is 0 Å². The van der Waals surface area contributed by atoms with Crippen LogP contribution in [-0.2, 0) is 6.18 Å². The summed E-state index contributed by atoms with van der Waals surface area (Å²) in [6.07, 6.45) is -4.93. The molecule has 0 radical (unpaired) electrons. The van der Waals surface area contributed by atoms with Crippen molar-refractivity contribution in [1.82, 2.24) is 20.3 Å². The summed E-state index contributed by atoms with van der Waals surface area (Å²) in [5.74, 6) is -1.26. The fraction of sp³-hybridized carbons (Fsp3) is 0.190. The molecule has 0 spiro atoms. The number of carbonyl (C=O) groups is 1. The van der Waals surface area contributed by atoms with Gasteiger partial charge in [0.05, 0.1) is 11.7 Å². The largest absolute Gasteiger partial charge is 0.459 e. The number of furan rings is 1. The van der Waals surface area contributed by atoms with E-state index < -0.39 is 35.3 Å². The monoisotopic (exact) mass is 432 g/mol. The number of nitrogens with one attached hydrogen (secondary N) is 1. The second kappa shape index (κ2) is 7.53. The van der Waals surface area contributed by atoms with Crippen LogP contribution in [0.15, 0.2) is 52.9 Å². The lowest BCUT2D eigenvalue weighted by Gasteiger charge is -2.14. The maximum Gasteiger partial charge on any atom is 0.435 e. The molecule has 0 saturated heterocycles. The molecule has 1 N–H and O–H groups in total. The molecule has 1 amide bonds. The van der Waals surface area contributed by atoms with Crippen LogP contribution in [0.1, 0.15) is 40.5 Å². The zero-order valence-corrected chi connectivity index (χ0v) is 16.4. The smallest absolute Gasteiger partial charge is 0.435 e. The number of aryl methyl sites for hydroxylation is 1. The minimum Gasteiger partial charge on any atom is -0.459 e. The Labute approximate surface area is 173 Å². The maximum atomic E-state index is 13.8. The molecule has 160 valence electrons. The van der Waals surface area contributed by atoms with Gasteiger partial charge in [-0.2, -0.15) is 13.2 Å². The van der Waals surface area contributed by atoms with Crippen LogP contribution in [0.3, 0.4) is 0 Å². The quantitative estimate of drug-likeness (QED) is 0.462. The van der Waals surface area contributed by atoms with Crippen LogP contribution in [0, 0.1) is 12.7 Å². The molecule has 10 heteroatoms. The third kappa shape index (κ3) is 3.76. The number of amides is 1. The maximum absolute atomic E-state index is 13.8. The number of halogens is 4. The van der Waals surface area contributed by atoms with Crippen LogP contribution < -0.4 is 5.32 Å². The number of rotatable bonds is 4. The van der Waals surface area contributed by atoms with E-state index in [4.69, 9.17) is 4.42 Å². The summed E-state index contributed by atoms with van der Waals surface area (Å²) in [6.45, 7) is 3.40. The van der Waals surface area contributed by atoms with Crippen molar-refractivity contribution in [3.8, 4) is 5.69 Å². The highest BCUT2D eigenvalue weighted by atomic mass is 19.4. The topological polar surface area (TPSA) is 73.0 Å². The number of hydrogen-bond acceptors (Lipinski definition) is 4. The minimum absolute atomic E-state index is 0.0820. The highest BCUT2D eigenvalue weighted by Gasteiger charge is 2.42. The van der Waals surface area contributed by atoms with Crippen molar-refractivity contribution in [2.75, 3.05) is 0 Å². The van der Waals surface area contributed by atoms with Gasteiger partial charge in [-0.1, -0.05) is 23.4 Å². The summed E-state index contributed by atoms with van der Waals surface area (Å²) in [4.78, 5) is 12.7. The van der Waals surface area contributed by atoms with E-state index in [0.29, 0.717) is 16.0 Å². The third-order valence-electron chi connectivity index (χ3n) is 4.85. The zero-order chi connectivity index (χ0) is 22.3. The predicted octanol–water partition coefficient (Wildman–Crippen LogP) is 4.97. The Morgan fingerprint density at radius 1 is 1.13 bits per heavy atom. The van der Waals surface area contributed by atoms with Gasteiger partial charge in [-0.05, 0) is 44.2 Å². The van der Waals surface area contributed by atoms with E-state index in [-0.39, 0.29) is 5.69 Å². The molecule has 0 saturated carbocycles. The molecule has 0 aliphatic rings. The van der Waals surface area contributed by atoms with Gasteiger partial charge in [-0.15, -0.1) is 5.10 Å². The van der Waals surface area contributed by atoms with Gasteiger partial charge >= 0.3 is 6.18 Å². The van der Waals surface area contributed by atoms with Crippen molar-refractivity contribution in [2.45, 2.75) is 26.1 Å². The first-order valence-corrected chi connectivity index (χ1v) is 9.24. The van der Waals surface area contributed by atoms with Gasteiger partial charge in [0.25, 0.3) is 5.91 Å². The van der Waals surface area contributed by atoms with Crippen LogP contribution in [0.25, 0.3) is 16.7 Å². The van der Waals surface area contributed by atoms with Crippen LogP contribution in [0.2, 0.25) is 0 Å². The van der Waals surface area contributed by atoms with E-state index in [1.54, 1.807) is 26.0 Å². The van der Waals surface area contributed by atoms with Gasteiger partial charge in [-0.3, -0.25) is 4.79 Å². The van der Waals surface area contributed by atoms with Crippen LogP contribution in [0.5, 0.6) is 0 Å². The van der Waals surface area contributed by atoms with Crippen LogP contribution in [-0.4, -0.2) is 20.9 Å². The van der Waals surface area contributed by atoms with E-state index in [1.165, 1.54) is 0 Å². The molecule has 1 unspecified atom stereocenters. The SMILES string of the molecule is Cc1c(C(C)NC(=O)c2nnn(-c3ccc(F)cc3)c2C(F)(F)F)oc2ccccc12. The van der Waals surface area contributed by atoms with Gasteiger partial charge in [-0.25, -0.2) is 9.07 Å². The number of hydrogen-bond donors (Lipinski definition) is 1. The number of nitrogens with zero attached hydrogens (tertiary/aromatic N) is 3. The Morgan fingerprint density at radius 2 is 1.81 bits per heavy atom. The highest BCUT2D eigenvalue weighted by Crippen LogP contribution is 2.34. The lowest BCUT2D eigenvalue weighted by atomic mass is 10.1. The Bertz CT molecular complexity index is 1260. The van der Waals surface area contributed by atoms with Crippen molar-refractivity contribution in [2.24, 2.45) is 0 Å². The summed E-state index contributed by atoms with van der Waals surface area (Å²) in [5, 5.41) is 10.3. The summed E-state index contributed by atoms with van der Waals surface area (Å²) >= 11 is 0. The molecule has 0 aliphatic heterocycles. The first-order chi connectivity index (χ1) is 14.7. The van der Waals surface area contributed by atoms with E-state index in [2.05, 4.69) is 15.6 Å². The number of para-hydroxylation sites is 1. The summed E-state index contributed by atoms with van der Waals surface area (Å²) in [7, 11) is 0. The summed E-state index contributed by atoms with van der Waals surface area (Å²) in [6, 6.07) is 10.7. The Balaban J connectivity index is 1.68. The number of carbonyl (C=O) groups excluding carboxylic acids is 1. The zero-order valence-electron chi connectivity index (χ0n) is 16.4. The average Bonchev–Trinajstić information content (AvgIpc) is 3.31. The lowest BCUT2D eigenvalue weighted by Crippen LogP contribution is -2.29. The molecule has 2 aromatic heterocycles. The van der Waals surface area contributed by atoms with Gasteiger partial charge in [0.1, 0.15) is 17.2 Å². The fourth-order valence-electron chi connectivity index (χ4n) is 3.39. The molecule has 31 heavy (non-hydrogen) atoms. The first-order valence-electron chi connectivity index (χ1n) is 9.24. The molecule has 1 atom stereocenters. The van der Waals surface area contributed by atoms with E-state index in [0.717, 1.165) is 35.2 Å². The van der Waals surface area contributed by atoms with Crippen molar-refractivity contribution >= 4 is 16.9 Å². The molecule has 0 fully saturated rings. The van der Waals surface area contributed by atoms with Crippen molar-refractivity contribution in [1.29, 1.82) is 0 Å². The van der Waals surface area contributed by atoms with E-state index >= 15 is 0 Å². The molecule has 2 heterocycles. The molecular weight excluding hydrogens is 416 g/mol. The highest BCUT2D eigenvalue weighted by molar-refractivity contribution is 5.94. The molecular formula is C21H16F4N4O2. The van der Waals surface area contributed by atoms with Crippen molar-refractivity contribution in [3.05, 3.63) is 77.1 Å². The predicted molar refractivity (Wildman–Crippen MR) is 103 cm³/mol. The molecule has 4 aromatic rings. The van der Waals surface area contributed by atoms with Crippen molar-refractivity contribution in [3.63, 3.8) is 0 Å². The van der Waals surface area contributed by atoms with Gasteiger partial charge in [0, 0.05) is 10.9 Å². The summed E-state index contributed by atoms with van der Waals surface area (Å²) in [5.41, 5.74) is -0.951. The Kier molecular flexibility index (Phi) is 5.00. The Hall–Kier alpha value is -3.69. The van der Waals surface area contributed by atoms with E-state index in [1.807, 2.05) is 12.1 Å². The molecule has 0 bridgehead atoms.